The number of amides is 3. The Morgan fingerprint density at radius 1 is 1.14 bits per heavy atom. The number of hydrogen-bond acceptors (Lipinski definition) is 8. The van der Waals surface area contributed by atoms with E-state index in [9.17, 15) is 24.3 Å². The van der Waals surface area contributed by atoms with Gasteiger partial charge >= 0.3 is 5.97 Å². The topological polar surface area (TPSA) is 135 Å². The Bertz CT molecular complexity index is 1550. The third-order valence-electron chi connectivity index (χ3n) is 9.85. The Morgan fingerprint density at radius 2 is 1.86 bits per heavy atom. The van der Waals surface area contributed by atoms with Crippen molar-refractivity contribution < 1.29 is 38.5 Å². The smallest absolute Gasteiger partial charge is 0.313 e. The molecule has 2 aromatic carbocycles. The second-order valence-electron chi connectivity index (χ2n) is 13.0. The highest BCUT2D eigenvalue weighted by Crippen LogP contribution is 2.60. The van der Waals surface area contributed by atoms with Crippen LogP contribution in [0.2, 0.25) is 0 Å². The third-order valence-corrected chi connectivity index (χ3v) is 10.7. The van der Waals surface area contributed by atoms with Crippen molar-refractivity contribution in [2.75, 3.05) is 31.7 Å². The number of aliphatic hydroxyl groups is 1. The SMILES string of the molecule is C=CCCC(=O)N[C@@H](C)[C@H](OC(=O)[C@H]1[C@@H]2O[C@@]3(CC2Br)[C@@H]1C(=O)N(CCCCO)[C@@H]3C(=O)N(CC=C)c1ccc(OC)cc1)c1ccccc1. The standard InChI is InChI=1S/C38H46BrN3O8/c1-5-7-15-29(44)40-24(3)32(25-13-9-8-10-14-25)49-37(47)30-31-35(45)42(21-11-12-22-43)34(38(31)23-28(39)33(30)50-38)36(46)41(20-6-2)26-16-18-27(48-4)19-17-26/h5-6,8-10,13-14,16-19,24,28,30-34,43H,1-2,7,11-12,15,20-23H2,3-4H3,(H,40,44)/t24-,28?,30+,31-,32-,33+,34+,38-/m0/s1. The van der Waals surface area contributed by atoms with Gasteiger partial charge in [0.2, 0.25) is 11.8 Å². The summed E-state index contributed by atoms with van der Waals surface area (Å²) in [5, 5.41) is 12.5. The van der Waals surface area contributed by atoms with Crippen molar-refractivity contribution >= 4 is 45.3 Å². The second kappa shape index (κ2) is 16.3. The molecule has 3 saturated heterocycles. The summed E-state index contributed by atoms with van der Waals surface area (Å²) in [5.41, 5.74) is -0.0382. The van der Waals surface area contributed by atoms with E-state index in [4.69, 9.17) is 14.2 Å². The lowest BCUT2D eigenvalue weighted by molar-refractivity contribution is -0.162. The van der Waals surface area contributed by atoms with Gasteiger partial charge in [0.25, 0.3) is 5.91 Å². The number of nitrogens with zero attached hydrogens (tertiary/aromatic N) is 2. The number of hydrogen-bond donors (Lipinski definition) is 2. The van der Waals surface area contributed by atoms with Gasteiger partial charge in [-0.2, -0.15) is 0 Å². The molecule has 3 amide bonds. The fourth-order valence-corrected chi connectivity index (χ4v) is 8.56. The summed E-state index contributed by atoms with van der Waals surface area (Å²) in [6.07, 6.45) is 3.66. The molecule has 2 N–H and O–H groups in total. The molecule has 11 nitrogen and oxygen atoms in total. The average molecular weight is 753 g/mol. The molecule has 0 aliphatic carbocycles. The number of carbonyl (C=O) groups is 4. The first-order valence-corrected chi connectivity index (χ1v) is 18.0. The fourth-order valence-electron chi connectivity index (χ4n) is 7.61. The van der Waals surface area contributed by atoms with Gasteiger partial charge in [-0.05, 0) is 62.4 Å². The maximum atomic E-state index is 14.8. The Kier molecular flexibility index (Phi) is 12.2. The highest BCUT2D eigenvalue weighted by molar-refractivity contribution is 9.09. The monoisotopic (exact) mass is 751 g/mol. The summed E-state index contributed by atoms with van der Waals surface area (Å²) < 4.78 is 18.3. The molecule has 2 bridgehead atoms. The van der Waals surface area contributed by atoms with Crippen LogP contribution in [0.1, 0.15) is 50.7 Å². The Morgan fingerprint density at radius 3 is 2.50 bits per heavy atom. The third kappa shape index (κ3) is 7.24. The predicted molar refractivity (Wildman–Crippen MR) is 192 cm³/mol. The second-order valence-corrected chi connectivity index (χ2v) is 14.2. The van der Waals surface area contributed by atoms with E-state index in [1.54, 1.807) is 55.4 Å². The number of rotatable bonds is 17. The zero-order valence-electron chi connectivity index (χ0n) is 28.5. The van der Waals surface area contributed by atoms with Gasteiger partial charge in [-0.3, -0.25) is 19.2 Å². The molecule has 3 aliphatic rings. The number of likely N-dealkylation sites (tertiary alicyclic amines) is 1. The van der Waals surface area contributed by atoms with Crippen molar-refractivity contribution in [1.29, 1.82) is 0 Å². The Balaban J connectivity index is 1.49. The minimum Gasteiger partial charge on any atom is -0.497 e. The van der Waals surface area contributed by atoms with Gasteiger partial charge in [0.05, 0.1) is 31.1 Å². The van der Waals surface area contributed by atoms with Crippen molar-refractivity contribution in [3.8, 4) is 5.75 Å². The number of aliphatic hydroxyl groups excluding tert-OH is 1. The van der Waals surface area contributed by atoms with E-state index in [0.29, 0.717) is 42.7 Å². The highest BCUT2D eigenvalue weighted by atomic mass is 79.9. The molecule has 2 aromatic rings. The van der Waals surface area contributed by atoms with Gasteiger partial charge in [-0.15, -0.1) is 13.2 Å². The van der Waals surface area contributed by atoms with E-state index >= 15 is 0 Å². The number of alkyl halides is 1. The van der Waals surface area contributed by atoms with Crippen LogP contribution in [0.25, 0.3) is 0 Å². The molecule has 1 spiro atoms. The zero-order chi connectivity index (χ0) is 36.0. The van der Waals surface area contributed by atoms with Crippen LogP contribution in [0.3, 0.4) is 0 Å². The minimum atomic E-state index is -1.31. The maximum Gasteiger partial charge on any atom is 0.313 e. The van der Waals surface area contributed by atoms with E-state index in [0.717, 1.165) is 0 Å². The molecule has 50 heavy (non-hydrogen) atoms. The summed E-state index contributed by atoms with van der Waals surface area (Å²) in [6, 6.07) is 14.5. The molecule has 0 radical (unpaired) electrons. The fraction of sp³-hybridized carbons (Fsp3) is 0.474. The van der Waals surface area contributed by atoms with Crippen molar-refractivity contribution in [3.63, 3.8) is 0 Å². The van der Waals surface area contributed by atoms with Crippen LogP contribution in [0.5, 0.6) is 5.75 Å². The molecule has 3 heterocycles. The number of nitrogens with one attached hydrogen (secondary N) is 1. The lowest BCUT2D eigenvalue weighted by atomic mass is 9.70. The van der Waals surface area contributed by atoms with Crippen molar-refractivity contribution in [2.24, 2.45) is 11.8 Å². The van der Waals surface area contributed by atoms with Gasteiger partial charge in [-0.1, -0.05) is 58.4 Å². The Labute approximate surface area is 301 Å². The number of allylic oxidation sites excluding steroid dienone is 1. The lowest BCUT2D eigenvalue weighted by Gasteiger charge is -2.37. The van der Waals surface area contributed by atoms with Crippen molar-refractivity contribution in [3.05, 3.63) is 85.5 Å². The zero-order valence-corrected chi connectivity index (χ0v) is 30.1. The molecule has 3 fully saturated rings. The first-order chi connectivity index (χ1) is 24.1. The summed E-state index contributed by atoms with van der Waals surface area (Å²) in [6.45, 7) is 9.61. The van der Waals surface area contributed by atoms with Crippen molar-refractivity contribution in [2.45, 2.75) is 73.7 Å². The average Bonchev–Trinajstić information content (AvgIpc) is 3.71. The first kappa shape index (κ1) is 37.3. The number of methoxy groups -OCH3 is 1. The molecule has 3 aliphatic heterocycles. The van der Waals surface area contributed by atoms with Crippen LogP contribution in [0, 0.1) is 11.8 Å². The Hall–Kier alpha value is -4.00. The number of unbranched alkanes of at least 4 members (excludes halogenated alkanes) is 1. The maximum absolute atomic E-state index is 14.8. The van der Waals surface area contributed by atoms with E-state index in [2.05, 4.69) is 34.4 Å². The molecule has 5 rings (SSSR count). The molecule has 0 aromatic heterocycles. The largest absolute Gasteiger partial charge is 0.497 e. The molecule has 268 valence electrons. The van der Waals surface area contributed by atoms with E-state index in [1.165, 1.54) is 4.90 Å². The van der Waals surface area contributed by atoms with E-state index < -0.39 is 47.7 Å². The molecular weight excluding hydrogens is 706 g/mol. The van der Waals surface area contributed by atoms with Gasteiger partial charge < -0.3 is 34.4 Å². The summed E-state index contributed by atoms with van der Waals surface area (Å²) in [4.78, 5) is 59.1. The molecule has 8 atom stereocenters. The number of benzene rings is 2. The number of ether oxygens (including phenoxy) is 3. The van der Waals surface area contributed by atoms with Gasteiger partial charge in [0, 0.05) is 36.6 Å². The highest BCUT2D eigenvalue weighted by Gasteiger charge is 2.77. The molecule has 12 heteroatoms. The molecule has 1 unspecified atom stereocenters. The van der Waals surface area contributed by atoms with Crippen LogP contribution in [0.4, 0.5) is 5.69 Å². The van der Waals surface area contributed by atoms with E-state index in [1.807, 2.05) is 30.3 Å². The number of anilines is 1. The number of halogens is 1. The van der Waals surface area contributed by atoms with Crippen LogP contribution >= 0.6 is 15.9 Å². The van der Waals surface area contributed by atoms with Crippen LogP contribution in [0.15, 0.2) is 79.9 Å². The van der Waals surface area contributed by atoms with Crippen LogP contribution in [-0.2, 0) is 28.7 Å². The first-order valence-electron chi connectivity index (χ1n) is 17.1. The normalized spacial score (nSPS) is 26.1. The predicted octanol–water partition coefficient (Wildman–Crippen LogP) is 4.49. The van der Waals surface area contributed by atoms with Crippen LogP contribution in [-0.4, -0.2) is 89.1 Å². The van der Waals surface area contributed by atoms with Crippen molar-refractivity contribution in [1.82, 2.24) is 10.2 Å². The van der Waals surface area contributed by atoms with Gasteiger partial charge in [0.1, 0.15) is 23.5 Å². The summed E-state index contributed by atoms with van der Waals surface area (Å²) in [5.74, 6) is -2.93. The number of carbonyl (C=O) groups excluding carboxylic acids is 4. The number of esters is 1. The van der Waals surface area contributed by atoms with Gasteiger partial charge in [0.15, 0.2) is 0 Å². The summed E-state index contributed by atoms with van der Waals surface area (Å²) >= 11 is 3.73. The molecular formula is C38H46BrN3O8. The molecule has 0 saturated carbocycles. The van der Waals surface area contributed by atoms with E-state index in [-0.39, 0.29) is 48.7 Å². The quantitative estimate of drug-likeness (QED) is 0.105. The lowest BCUT2D eigenvalue weighted by Crippen LogP contribution is -2.57. The summed E-state index contributed by atoms with van der Waals surface area (Å²) in [7, 11) is 1.56. The van der Waals surface area contributed by atoms with Gasteiger partial charge in [-0.25, -0.2) is 0 Å². The number of fused-ring (bicyclic) bond motifs is 1. The van der Waals surface area contributed by atoms with Crippen LogP contribution < -0.4 is 15.0 Å². The minimum absolute atomic E-state index is 0.0656.